The van der Waals surface area contributed by atoms with Crippen LogP contribution >= 0.6 is 0 Å². The average Bonchev–Trinajstić information content (AvgIpc) is 2.72. The van der Waals surface area contributed by atoms with Crippen molar-refractivity contribution in [2.75, 3.05) is 0 Å². The van der Waals surface area contributed by atoms with E-state index in [1.54, 1.807) is 31.3 Å². The monoisotopic (exact) mass is 447 g/mol. The van der Waals surface area contributed by atoms with Gasteiger partial charge in [-0.2, -0.15) is 0 Å². The fraction of sp³-hybridized carbons (Fsp3) is 0.280. The number of rotatable bonds is 7. The highest BCUT2D eigenvalue weighted by Crippen LogP contribution is 2.24. The maximum atomic E-state index is 13.1. The summed E-state index contributed by atoms with van der Waals surface area (Å²) in [6.45, 7) is 3.53. The van der Waals surface area contributed by atoms with Gasteiger partial charge < -0.3 is 9.90 Å². The number of halogens is 4. The molecule has 3 rings (SSSR count). The highest BCUT2D eigenvalue weighted by Gasteiger charge is 2.18. The summed E-state index contributed by atoms with van der Waals surface area (Å²) in [4.78, 5) is 14.4. The number of carbonyl (C=O) groups is 1. The van der Waals surface area contributed by atoms with Gasteiger partial charge in [-0.3, -0.25) is 4.98 Å². The Morgan fingerprint density at radius 1 is 0.844 bits per heavy atom. The van der Waals surface area contributed by atoms with Crippen LogP contribution in [0.15, 0.2) is 60.8 Å². The minimum atomic E-state index is -0.757. The summed E-state index contributed by atoms with van der Waals surface area (Å²) in [6.07, 6.45) is 2.37. The lowest BCUT2D eigenvalue weighted by atomic mass is 9.93. The third-order valence-corrected chi connectivity index (χ3v) is 4.72. The standard InChI is InChI=1S/C15H15F2NO.C10H10F2O/c1-10(15(19)14-4-2-3-5-18-14)6-11-7-12(16)9-13(17)8-11;1-7(6-13)2-8-3-9(11)5-10(12)4-8/h2-5,7-10,15,19H,6H2,1H3;3-7H,2H2,1H3/t10-,15?;7-/m00/s1. The van der Waals surface area contributed by atoms with E-state index < -0.39 is 29.4 Å². The zero-order chi connectivity index (χ0) is 23.7. The van der Waals surface area contributed by atoms with Crippen molar-refractivity contribution in [3.05, 3.63) is 101 Å². The van der Waals surface area contributed by atoms with Crippen LogP contribution in [0.2, 0.25) is 0 Å². The van der Waals surface area contributed by atoms with E-state index in [2.05, 4.69) is 4.98 Å². The number of hydrogen-bond acceptors (Lipinski definition) is 3. The molecule has 0 bridgehead atoms. The van der Waals surface area contributed by atoms with E-state index >= 15 is 0 Å². The zero-order valence-corrected chi connectivity index (χ0v) is 17.8. The summed E-state index contributed by atoms with van der Waals surface area (Å²) in [5.41, 5.74) is 1.60. The number of hydrogen-bond donors (Lipinski definition) is 1. The number of aliphatic hydroxyl groups excluding tert-OH is 1. The molecule has 170 valence electrons. The van der Waals surface area contributed by atoms with Gasteiger partial charge in [0.25, 0.3) is 0 Å². The molecule has 2 aromatic carbocycles. The molecule has 0 saturated heterocycles. The first kappa shape index (κ1) is 25.2. The molecule has 0 saturated carbocycles. The summed E-state index contributed by atoms with van der Waals surface area (Å²) in [5.74, 6) is -2.80. The fourth-order valence-electron chi connectivity index (χ4n) is 3.20. The van der Waals surface area contributed by atoms with Gasteiger partial charge in [-0.1, -0.05) is 19.9 Å². The number of carbonyl (C=O) groups excluding carboxylic acids is 1. The van der Waals surface area contributed by atoms with Gasteiger partial charge in [0.1, 0.15) is 29.6 Å². The molecule has 1 heterocycles. The molecule has 7 heteroatoms. The van der Waals surface area contributed by atoms with Crippen LogP contribution in [0.4, 0.5) is 17.6 Å². The van der Waals surface area contributed by atoms with Crippen LogP contribution in [0.5, 0.6) is 0 Å². The Morgan fingerprint density at radius 2 is 1.34 bits per heavy atom. The zero-order valence-electron chi connectivity index (χ0n) is 17.8. The Hall–Kier alpha value is -3.06. The van der Waals surface area contributed by atoms with Gasteiger partial charge in [-0.15, -0.1) is 0 Å². The molecule has 0 fully saturated rings. The van der Waals surface area contributed by atoms with Crippen LogP contribution in [0, 0.1) is 35.1 Å². The van der Waals surface area contributed by atoms with Gasteiger partial charge in [-0.05, 0) is 66.3 Å². The third kappa shape index (κ3) is 8.23. The molecule has 0 radical (unpaired) electrons. The lowest BCUT2D eigenvalue weighted by Gasteiger charge is -2.18. The predicted molar refractivity (Wildman–Crippen MR) is 114 cm³/mol. The van der Waals surface area contributed by atoms with E-state index in [-0.39, 0.29) is 11.8 Å². The molecule has 3 nitrogen and oxygen atoms in total. The van der Waals surface area contributed by atoms with Gasteiger partial charge in [0.15, 0.2) is 0 Å². The van der Waals surface area contributed by atoms with Crippen LogP contribution < -0.4 is 0 Å². The molecule has 0 amide bonds. The lowest BCUT2D eigenvalue weighted by molar-refractivity contribution is -0.110. The van der Waals surface area contributed by atoms with Crippen LogP contribution in [-0.4, -0.2) is 16.4 Å². The van der Waals surface area contributed by atoms with Crippen molar-refractivity contribution < 1.29 is 27.5 Å². The molecule has 3 atom stereocenters. The number of pyridine rings is 1. The Morgan fingerprint density at radius 3 is 1.78 bits per heavy atom. The van der Waals surface area contributed by atoms with Gasteiger partial charge >= 0.3 is 0 Å². The summed E-state index contributed by atoms with van der Waals surface area (Å²) in [6, 6.07) is 12.0. The van der Waals surface area contributed by atoms with Crippen molar-refractivity contribution in [2.24, 2.45) is 11.8 Å². The van der Waals surface area contributed by atoms with Crippen molar-refractivity contribution in [3.8, 4) is 0 Å². The largest absolute Gasteiger partial charge is 0.387 e. The third-order valence-electron chi connectivity index (χ3n) is 4.72. The summed E-state index contributed by atoms with van der Waals surface area (Å²) in [7, 11) is 0. The van der Waals surface area contributed by atoms with Gasteiger partial charge in [0.05, 0.1) is 11.8 Å². The number of aldehydes is 1. The second-order valence-electron chi connectivity index (χ2n) is 7.75. The van der Waals surface area contributed by atoms with Gasteiger partial charge in [0, 0.05) is 24.2 Å². The lowest BCUT2D eigenvalue weighted by Crippen LogP contribution is -2.13. The van der Waals surface area contributed by atoms with Crippen LogP contribution in [-0.2, 0) is 17.6 Å². The molecular weight excluding hydrogens is 422 g/mol. The quantitative estimate of drug-likeness (QED) is 0.378. The molecular formula is C25H25F4NO2. The predicted octanol–water partition coefficient (Wildman–Crippen LogP) is 5.61. The summed E-state index contributed by atoms with van der Waals surface area (Å²) in [5, 5.41) is 10.1. The Bertz CT molecular complexity index is 974. The minimum Gasteiger partial charge on any atom is -0.387 e. The van der Waals surface area contributed by atoms with E-state index in [4.69, 9.17) is 0 Å². The van der Waals surface area contributed by atoms with Crippen molar-refractivity contribution >= 4 is 6.29 Å². The highest BCUT2D eigenvalue weighted by atomic mass is 19.1. The second kappa shape index (κ2) is 12.1. The van der Waals surface area contributed by atoms with E-state index in [0.717, 1.165) is 18.4 Å². The van der Waals surface area contributed by atoms with Gasteiger partial charge in [0.2, 0.25) is 0 Å². The topological polar surface area (TPSA) is 50.2 Å². The van der Waals surface area contributed by atoms with Crippen molar-refractivity contribution in [3.63, 3.8) is 0 Å². The van der Waals surface area contributed by atoms with E-state index in [1.807, 2.05) is 6.92 Å². The maximum absolute atomic E-state index is 13.1. The number of benzene rings is 2. The molecule has 1 N–H and O–H groups in total. The molecule has 3 aromatic rings. The number of nitrogens with zero attached hydrogens (tertiary/aromatic N) is 1. The Balaban J connectivity index is 0.000000244. The molecule has 1 unspecified atom stereocenters. The van der Waals surface area contributed by atoms with Crippen molar-refractivity contribution in [1.82, 2.24) is 4.98 Å². The smallest absolute Gasteiger partial charge is 0.126 e. The maximum Gasteiger partial charge on any atom is 0.126 e. The van der Waals surface area contributed by atoms with E-state index in [1.165, 1.54) is 24.3 Å². The molecule has 32 heavy (non-hydrogen) atoms. The first-order valence-electron chi connectivity index (χ1n) is 10.1. The minimum absolute atomic E-state index is 0.184. The van der Waals surface area contributed by atoms with E-state index in [9.17, 15) is 27.5 Å². The summed E-state index contributed by atoms with van der Waals surface area (Å²) >= 11 is 0. The summed E-state index contributed by atoms with van der Waals surface area (Å²) < 4.78 is 51.5. The molecule has 0 spiro atoms. The second-order valence-corrected chi connectivity index (χ2v) is 7.75. The van der Waals surface area contributed by atoms with Crippen LogP contribution in [0.3, 0.4) is 0 Å². The van der Waals surface area contributed by atoms with Crippen molar-refractivity contribution in [2.45, 2.75) is 32.8 Å². The molecule has 0 aliphatic carbocycles. The van der Waals surface area contributed by atoms with Crippen LogP contribution in [0.25, 0.3) is 0 Å². The van der Waals surface area contributed by atoms with E-state index in [0.29, 0.717) is 29.7 Å². The number of aromatic nitrogens is 1. The van der Waals surface area contributed by atoms with Crippen molar-refractivity contribution in [1.29, 1.82) is 0 Å². The van der Waals surface area contributed by atoms with Gasteiger partial charge in [-0.25, -0.2) is 17.6 Å². The Labute approximate surface area is 184 Å². The Kier molecular flexibility index (Phi) is 9.53. The SMILES string of the molecule is C[C@@H](Cc1cc(F)cc(F)c1)C(O)c1ccccn1.C[C@H](C=O)Cc1cc(F)cc(F)c1. The molecule has 0 aliphatic heterocycles. The highest BCUT2D eigenvalue weighted by molar-refractivity contribution is 5.53. The first-order valence-corrected chi connectivity index (χ1v) is 10.1. The fourth-order valence-corrected chi connectivity index (χ4v) is 3.20. The molecule has 0 aliphatic rings. The van der Waals surface area contributed by atoms with Crippen LogP contribution in [0.1, 0.15) is 36.8 Å². The average molecular weight is 447 g/mol. The first-order chi connectivity index (χ1) is 15.2. The molecule has 1 aromatic heterocycles. The normalized spacial score (nSPS) is 13.5. The number of aliphatic hydroxyl groups is 1.